The fourth-order valence-corrected chi connectivity index (χ4v) is 3.46. The molecular formula is C18H18F3N3O2S. The Hall–Kier alpha value is -2.42. The molecule has 3 aromatic rings. The molecule has 1 aromatic carbocycles. The van der Waals surface area contributed by atoms with Crippen molar-refractivity contribution < 1.29 is 17.6 Å². The summed E-state index contributed by atoms with van der Waals surface area (Å²) in [7, 11) is 0. The number of halogens is 3. The van der Waals surface area contributed by atoms with Crippen molar-refractivity contribution in [1.82, 2.24) is 14.3 Å². The molecule has 9 heteroatoms. The summed E-state index contributed by atoms with van der Waals surface area (Å²) in [6, 6.07) is 2.87. The number of rotatable bonds is 3. The molecule has 2 aromatic heterocycles. The third-order valence-corrected chi connectivity index (χ3v) is 4.70. The van der Waals surface area contributed by atoms with Gasteiger partial charge in [-0.2, -0.15) is 13.2 Å². The smallest absolute Gasteiger partial charge is 0.452 e. The van der Waals surface area contributed by atoms with Crippen LogP contribution in [0.5, 0.6) is 0 Å². The molecule has 0 fully saturated rings. The first-order valence-corrected chi connectivity index (χ1v) is 8.79. The van der Waals surface area contributed by atoms with Crippen molar-refractivity contribution in [2.75, 3.05) is 0 Å². The highest BCUT2D eigenvalue weighted by Gasteiger charge is 2.39. The minimum atomic E-state index is -4.69. The fourth-order valence-electron chi connectivity index (χ4n) is 3.15. The summed E-state index contributed by atoms with van der Waals surface area (Å²) in [4.78, 5) is 12.5. The second kappa shape index (κ2) is 6.63. The Morgan fingerprint density at radius 3 is 2.48 bits per heavy atom. The normalized spacial score (nSPS) is 12.1. The Balaban J connectivity index is 2.45. The zero-order chi connectivity index (χ0) is 20.1. The van der Waals surface area contributed by atoms with Crippen molar-refractivity contribution in [1.29, 1.82) is 0 Å². The van der Waals surface area contributed by atoms with Crippen LogP contribution in [-0.2, 0) is 12.7 Å². The predicted octanol–water partition coefficient (Wildman–Crippen LogP) is 4.86. The van der Waals surface area contributed by atoms with E-state index in [1.807, 2.05) is 6.92 Å². The van der Waals surface area contributed by atoms with E-state index in [0.29, 0.717) is 28.9 Å². The number of alkyl halides is 3. The van der Waals surface area contributed by atoms with Crippen molar-refractivity contribution in [3.63, 3.8) is 0 Å². The Labute approximate surface area is 158 Å². The molecule has 0 spiro atoms. The van der Waals surface area contributed by atoms with Crippen LogP contribution in [0.25, 0.3) is 16.7 Å². The number of fused-ring (bicyclic) bond motifs is 1. The lowest BCUT2D eigenvalue weighted by Crippen LogP contribution is -2.16. The number of aromatic nitrogens is 3. The molecule has 0 amide bonds. The molecular weight excluding hydrogens is 379 g/mol. The topological polar surface area (TPSA) is 53.0 Å². The third-order valence-electron chi connectivity index (χ3n) is 4.31. The molecule has 0 atom stereocenters. The quantitative estimate of drug-likeness (QED) is 0.592. The predicted molar refractivity (Wildman–Crippen MR) is 97.9 cm³/mol. The SMILES string of the molecule is CCCn1nc(C(F)(F)F)n(-c2cc(C)c3oc(C)cc(=O)c3c2C)c1=S. The molecule has 0 aliphatic rings. The van der Waals surface area contributed by atoms with E-state index in [4.69, 9.17) is 16.6 Å². The van der Waals surface area contributed by atoms with Gasteiger partial charge in [-0.3, -0.25) is 9.36 Å². The van der Waals surface area contributed by atoms with Gasteiger partial charge < -0.3 is 4.42 Å². The molecule has 0 saturated heterocycles. The van der Waals surface area contributed by atoms with Gasteiger partial charge in [0.25, 0.3) is 0 Å². The number of hydrogen-bond donors (Lipinski definition) is 0. The van der Waals surface area contributed by atoms with E-state index in [2.05, 4.69) is 5.10 Å². The molecule has 0 aliphatic carbocycles. The van der Waals surface area contributed by atoms with E-state index in [-0.39, 0.29) is 27.8 Å². The monoisotopic (exact) mass is 397 g/mol. The van der Waals surface area contributed by atoms with Crippen LogP contribution in [0.4, 0.5) is 13.2 Å². The summed E-state index contributed by atoms with van der Waals surface area (Å²) < 4.78 is 48.5. The van der Waals surface area contributed by atoms with Gasteiger partial charge in [-0.1, -0.05) is 6.92 Å². The summed E-state index contributed by atoms with van der Waals surface area (Å²) in [5.41, 5.74) is 1.14. The Morgan fingerprint density at radius 2 is 1.89 bits per heavy atom. The first-order valence-electron chi connectivity index (χ1n) is 8.38. The van der Waals surface area contributed by atoms with Gasteiger partial charge in [-0.05, 0) is 56.6 Å². The fraction of sp³-hybridized carbons (Fsp3) is 0.389. The van der Waals surface area contributed by atoms with Crippen LogP contribution in [0, 0.1) is 25.5 Å². The molecule has 0 bridgehead atoms. The first-order chi connectivity index (χ1) is 12.6. The van der Waals surface area contributed by atoms with Crippen molar-refractivity contribution >= 4 is 23.2 Å². The highest BCUT2D eigenvalue weighted by molar-refractivity contribution is 7.71. The Morgan fingerprint density at radius 1 is 1.22 bits per heavy atom. The minimum Gasteiger partial charge on any atom is -0.461 e. The van der Waals surface area contributed by atoms with Crippen molar-refractivity contribution in [3.05, 3.63) is 49.8 Å². The summed E-state index contributed by atoms with van der Waals surface area (Å²) >= 11 is 5.27. The number of nitrogens with zero attached hydrogens (tertiary/aromatic N) is 3. The lowest BCUT2D eigenvalue weighted by Gasteiger charge is -2.15. The second-order valence-corrected chi connectivity index (χ2v) is 6.79. The maximum Gasteiger partial charge on any atom is 0.452 e. The number of aryl methyl sites for hydroxylation is 4. The summed E-state index contributed by atoms with van der Waals surface area (Å²) in [5.74, 6) is -0.676. The molecule has 2 heterocycles. The molecule has 0 radical (unpaired) electrons. The minimum absolute atomic E-state index is 0.0671. The molecule has 5 nitrogen and oxygen atoms in total. The molecule has 144 valence electrons. The maximum atomic E-state index is 13.6. The van der Waals surface area contributed by atoms with Gasteiger partial charge in [0.15, 0.2) is 5.43 Å². The summed E-state index contributed by atoms with van der Waals surface area (Å²) in [6.45, 7) is 7.01. The van der Waals surface area contributed by atoms with Gasteiger partial charge in [0.2, 0.25) is 10.6 Å². The second-order valence-electron chi connectivity index (χ2n) is 6.43. The molecule has 0 saturated carbocycles. The molecule has 0 aliphatic heterocycles. The summed E-state index contributed by atoms with van der Waals surface area (Å²) in [6.07, 6.45) is -4.11. The van der Waals surface area contributed by atoms with Gasteiger partial charge in [0, 0.05) is 12.6 Å². The van der Waals surface area contributed by atoms with E-state index >= 15 is 0 Å². The van der Waals surface area contributed by atoms with Crippen LogP contribution in [0.3, 0.4) is 0 Å². The van der Waals surface area contributed by atoms with E-state index in [1.165, 1.54) is 6.07 Å². The molecule has 0 unspecified atom stereocenters. The first kappa shape index (κ1) is 19.3. The molecule has 27 heavy (non-hydrogen) atoms. The van der Waals surface area contributed by atoms with Crippen LogP contribution >= 0.6 is 12.2 Å². The number of hydrogen-bond acceptors (Lipinski definition) is 4. The number of benzene rings is 1. The van der Waals surface area contributed by atoms with Crippen LogP contribution < -0.4 is 5.43 Å². The highest BCUT2D eigenvalue weighted by atomic mass is 32.1. The zero-order valence-corrected chi connectivity index (χ0v) is 16.1. The Bertz CT molecular complexity index is 1160. The standard InChI is InChI=1S/C18H18F3N3O2S/c1-5-6-23-17(27)24(16(22-23)18(19,20)21)12-7-9(2)15-14(11(12)4)13(25)8-10(3)26-15/h7-8H,5-6H2,1-4H3. The average Bonchev–Trinajstić information content (AvgIpc) is 2.88. The van der Waals surface area contributed by atoms with Gasteiger partial charge in [-0.25, -0.2) is 4.68 Å². The Kier molecular flexibility index (Phi) is 4.75. The third kappa shape index (κ3) is 3.20. The van der Waals surface area contributed by atoms with E-state index < -0.39 is 12.0 Å². The van der Waals surface area contributed by atoms with Crippen LogP contribution in [-0.4, -0.2) is 14.3 Å². The van der Waals surface area contributed by atoms with Crippen molar-refractivity contribution in [2.24, 2.45) is 0 Å². The van der Waals surface area contributed by atoms with Gasteiger partial charge in [0.1, 0.15) is 11.3 Å². The largest absolute Gasteiger partial charge is 0.461 e. The molecule has 3 rings (SSSR count). The van der Waals surface area contributed by atoms with E-state index in [9.17, 15) is 18.0 Å². The van der Waals surface area contributed by atoms with Gasteiger partial charge in [0.05, 0.1) is 11.1 Å². The van der Waals surface area contributed by atoms with Crippen LogP contribution in [0.15, 0.2) is 21.3 Å². The van der Waals surface area contributed by atoms with Crippen molar-refractivity contribution in [2.45, 2.75) is 46.8 Å². The lowest BCUT2D eigenvalue weighted by atomic mass is 10.0. The lowest BCUT2D eigenvalue weighted by molar-refractivity contribution is -0.146. The van der Waals surface area contributed by atoms with Crippen LogP contribution in [0.1, 0.15) is 36.1 Å². The maximum absolute atomic E-state index is 13.6. The van der Waals surface area contributed by atoms with Crippen LogP contribution in [0.2, 0.25) is 0 Å². The summed E-state index contributed by atoms with van der Waals surface area (Å²) in [5, 5.41) is 3.93. The van der Waals surface area contributed by atoms with Gasteiger partial charge in [-0.15, -0.1) is 5.10 Å². The van der Waals surface area contributed by atoms with E-state index in [1.54, 1.807) is 26.8 Å². The van der Waals surface area contributed by atoms with E-state index in [0.717, 1.165) is 9.25 Å². The molecule has 0 N–H and O–H groups in total. The average molecular weight is 397 g/mol. The highest BCUT2D eigenvalue weighted by Crippen LogP contribution is 2.33. The van der Waals surface area contributed by atoms with Crippen molar-refractivity contribution in [3.8, 4) is 5.69 Å². The zero-order valence-electron chi connectivity index (χ0n) is 15.3. The van der Waals surface area contributed by atoms with Gasteiger partial charge >= 0.3 is 6.18 Å².